The first kappa shape index (κ1) is 17.5. The molecule has 1 aromatic heterocycles. The molecule has 2 aromatic carbocycles. The molecule has 0 unspecified atom stereocenters. The van der Waals surface area contributed by atoms with Crippen LogP contribution in [-0.4, -0.2) is 21.4 Å². The molecule has 2 amide bonds. The minimum Gasteiger partial charge on any atom is -0.326 e. The van der Waals surface area contributed by atoms with Crippen molar-refractivity contribution in [3.8, 4) is 5.69 Å². The minimum absolute atomic E-state index is 0.207. The van der Waals surface area contributed by atoms with Gasteiger partial charge in [-0.25, -0.2) is 4.79 Å². The van der Waals surface area contributed by atoms with Gasteiger partial charge in [0.15, 0.2) is 0 Å². The molecule has 132 valence electrons. The summed E-state index contributed by atoms with van der Waals surface area (Å²) in [5.41, 5.74) is 1.48. The molecule has 0 radical (unpaired) electrons. The SMILES string of the molecule is CC(=O)Nc1cccc(NC(=O)c2cc(-n3cc[nH]c3=O)ccc2Cl)c1. The van der Waals surface area contributed by atoms with E-state index in [2.05, 4.69) is 15.6 Å². The Kier molecular flexibility index (Phi) is 4.90. The summed E-state index contributed by atoms with van der Waals surface area (Å²) >= 11 is 6.15. The standard InChI is InChI=1S/C18H15ClN4O3/c1-11(24)21-12-3-2-4-13(9-12)22-17(25)15-10-14(5-6-16(15)19)23-8-7-20-18(23)26/h2-10H,1H3,(H,20,26)(H,21,24)(H,22,25). The molecule has 0 fully saturated rings. The zero-order valence-electron chi connectivity index (χ0n) is 13.7. The number of amides is 2. The van der Waals surface area contributed by atoms with Crippen molar-refractivity contribution in [2.75, 3.05) is 10.6 Å². The first-order valence-corrected chi connectivity index (χ1v) is 8.07. The summed E-state index contributed by atoms with van der Waals surface area (Å²) in [6.07, 6.45) is 3.06. The maximum absolute atomic E-state index is 12.6. The molecule has 3 aromatic rings. The number of carbonyl (C=O) groups is 2. The van der Waals surface area contributed by atoms with E-state index in [0.29, 0.717) is 17.1 Å². The predicted octanol–water partition coefficient (Wildman–Crippen LogP) is 3.03. The van der Waals surface area contributed by atoms with Gasteiger partial charge in [0.2, 0.25) is 5.91 Å². The molecule has 0 aliphatic heterocycles. The van der Waals surface area contributed by atoms with E-state index >= 15 is 0 Å². The number of H-pyrrole nitrogens is 1. The average Bonchev–Trinajstić information content (AvgIpc) is 3.01. The summed E-state index contributed by atoms with van der Waals surface area (Å²) in [5, 5.41) is 5.63. The summed E-state index contributed by atoms with van der Waals surface area (Å²) in [4.78, 5) is 38.0. The van der Waals surface area contributed by atoms with E-state index in [-0.39, 0.29) is 22.2 Å². The topological polar surface area (TPSA) is 96.0 Å². The number of carbonyl (C=O) groups excluding carboxylic acids is 2. The summed E-state index contributed by atoms with van der Waals surface area (Å²) in [6.45, 7) is 1.40. The molecule has 0 atom stereocenters. The molecule has 3 rings (SSSR count). The molecule has 0 saturated carbocycles. The molecule has 0 aliphatic rings. The van der Waals surface area contributed by atoms with Crippen molar-refractivity contribution in [2.24, 2.45) is 0 Å². The summed E-state index contributed by atoms with van der Waals surface area (Å²) < 4.78 is 1.37. The number of imidazole rings is 1. The fraction of sp³-hybridized carbons (Fsp3) is 0.0556. The van der Waals surface area contributed by atoms with Crippen LogP contribution >= 0.6 is 11.6 Å². The van der Waals surface area contributed by atoms with Gasteiger partial charge in [0.1, 0.15) is 0 Å². The van der Waals surface area contributed by atoms with Crippen molar-refractivity contribution in [1.29, 1.82) is 0 Å². The van der Waals surface area contributed by atoms with E-state index in [1.54, 1.807) is 42.6 Å². The number of hydrogen-bond acceptors (Lipinski definition) is 3. The van der Waals surface area contributed by atoms with Gasteiger partial charge in [-0.2, -0.15) is 0 Å². The maximum Gasteiger partial charge on any atom is 0.330 e. The number of nitrogens with one attached hydrogen (secondary N) is 3. The lowest BCUT2D eigenvalue weighted by Gasteiger charge is -2.10. The Balaban J connectivity index is 1.87. The third kappa shape index (κ3) is 3.84. The van der Waals surface area contributed by atoms with Crippen LogP contribution in [0.1, 0.15) is 17.3 Å². The average molecular weight is 371 g/mol. The zero-order chi connectivity index (χ0) is 18.7. The summed E-state index contributed by atoms with van der Waals surface area (Å²) in [7, 11) is 0. The Labute approximate surface area is 153 Å². The van der Waals surface area contributed by atoms with Gasteiger partial charge in [0.05, 0.1) is 16.3 Å². The lowest BCUT2D eigenvalue weighted by molar-refractivity contribution is -0.114. The highest BCUT2D eigenvalue weighted by Gasteiger charge is 2.13. The van der Waals surface area contributed by atoms with E-state index in [1.807, 2.05) is 0 Å². The number of anilines is 2. The van der Waals surface area contributed by atoms with Crippen molar-refractivity contribution in [3.05, 3.63) is 75.9 Å². The summed E-state index contributed by atoms with van der Waals surface area (Å²) in [5.74, 6) is -0.637. The zero-order valence-corrected chi connectivity index (χ0v) is 14.5. The Hall–Kier alpha value is -3.32. The Bertz CT molecular complexity index is 1040. The number of hydrogen-bond donors (Lipinski definition) is 3. The highest BCUT2D eigenvalue weighted by atomic mass is 35.5. The first-order chi connectivity index (χ1) is 12.4. The van der Waals surface area contributed by atoms with Crippen LogP contribution in [0.5, 0.6) is 0 Å². The highest BCUT2D eigenvalue weighted by molar-refractivity contribution is 6.34. The second-order valence-electron chi connectivity index (χ2n) is 5.52. The number of nitrogens with zero attached hydrogens (tertiary/aromatic N) is 1. The van der Waals surface area contributed by atoms with Gasteiger partial charge >= 0.3 is 5.69 Å². The number of aromatic nitrogens is 2. The van der Waals surface area contributed by atoms with Crippen LogP contribution in [0.4, 0.5) is 11.4 Å². The van der Waals surface area contributed by atoms with Crippen molar-refractivity contribution in [3.63, 3.8) is 0 Å². The van der Waals surface area contributed by atoms with E-state index in [4.69, 9.17) is 11.6 Å². The van der Waals surface area contributed by atoms with Crippen LogP contribution in [0.15, 0.2) is 59.7 Å². The predicted molar refractivity (Wildman–Crippen MR) is 100 cm³/mol. The summed E-state index contributed by atoms with van der Waals surface area (Å²) in [6, 6.07) is 11.5. The number of halogens is 1. The normalized spacial score (nSPS) is 10.4. The lowest BCUT2D eigenvalue weighted by atomic mass is 10.1. The van der Waals surface area contributed by atoms with Crippen molar-refractivity contribution in [2.45, 2.75) is 6.92 Å². The molecule has 1 heterocycles. The van der Waals surface area contributed by atoms with Gasteiger partial charge in [0, 0.05) is 30.7 Å². The van der Waals surface area contributed by atoms with Gasteiger partial charge in [-0.1, -0.05) is 17.7 Å². The van der Waals surface area contributed by atoms with Crippen LogP contribution < -0.4 is 16.3 Å². The van der Waals surface area contributed by atoms with E-state index in [0.717, 1.165) is 0 Å². The van der Waals surface area contributed by atoms with Gasteiger partial charge in [0.25, 0.3) is 5.91 Å². The molecule has 0 bridgehead atoms. The van der Waals surface area contributed by atoms with Crippen LogP contribution in [-0.2, 0) is 4.79 Å². The van der Waals surface area contributed by atoms with Gasteiger partial charge in [-0.15, -0.1) is 0 Å². The van der Waals surface area contributed by atoms with Crippen LogP contribution in [0.25, 0.3) is 5.69 Å². The van der Waals surface area contributed by atoms with Crippen molar-refractivity contribution < 1.29 is 9.59 Å². The second-order valence-corrected chi connectivity index (χ2v) is 5.92. The Morgan fingerprint density at radius 2 is 1.81 bits per heavy atom. The van der Waals surface area contributed by atoms with E-state index in [9.17, 15) is 14.4 Å². The minimum atomic E-state index is -0.430. The molecule has 3 N–H and O–H groups in total. The molecule has 7 nitrogen and oxygen atoms in total. The Morgan fingerprint density at radius 1 is 1.08 bits per heavy atom. The van der Waals surface area contributed by atoms with E-state index in [1.165, 1.54) is 23.8 Å². The highest BCUT2D eigenvalue weighted by Crippen LogP contribution is 2.22. The van der Waals surface area contributed by atoms with Crippen molar-refractivity contribution >= 4 is 34.8 Å². The number of benzene rings is 2. The number of aromatic amines is 1. The molecular formula is C18H15ClN4O3. The van der Waals surface area contributed by atoms with Crippen LogP contribution in [0.3, 0.4) is 0 Å². The molecular weight excluding hydrogens is 356 g/mol. The fourth-order valence-corrected chi connectivity index (χ4v) is 2.64. The monoisotopic (exact) mass is 370 g/mol. The molecule has 8 heteroatoms. The smallest absolute Gasteiger partial charge is 0.326 e. The maximum atomic E-state index is 12.6. The van der Waals surface area contributed by atoms with E-state index < -0.39 is 5.91 Å². The van der Waals surface area contributed by atoms with Crippen molar-refractivity contribution in [1.82, 2.24) is 9.55 Å². The molecule has 26 heavy (non-hydrogen) atoms. The first-order valence-electron chi connectivity index (χ1n) is 7.69. The molecule has 0 aliphatic carbocycles. The second kappa shape index (κ2) is 7.28. The van der Waals surface area contributed by atoms with Gasteiger partial charge in [-0.3, -0.25) is 14.2 Å². The molecule has 0 spiro atoms. The fourth-order valence-electron chi connectivity index (χ4n) is 2.44. The largest absolute Gasteiger partial charge is 0.330 e. The number of rotatable bonds is 4. The Morgan fingerprint density at radius 3 is 2.46 bits per heavy atom. The van der Waals surface area contributed by atoms with Gasteiger partial charge in [-0.05, 0) is 36.4 Å². The lowest BCUT2D eigenvalue weighted by Crippen LogP contribution is -2.16. The molecule has 0 saturated heterocycles. The third-order valence-electron chi connectivity index (χ3n) is 3.56. The van der Waals surface area contributed by atoms with Gasteiger partial charge < -0.3 is 15.6 Å². The van der Waals surface area contributed by atoms with Crippen LogP contribution in [0.2, 0.25) is 5.02 Å². The quantitative estimate of drug-likeness (QED) is 0.658. The van der Waals surface area contributed by atoms with Crippen LogP contribution in [0, 0.1) is 0 Å². The third-order valence-corrected chi connectivity index (χ3v) is 3.89.